The Kier molecular flexibility index (Phi) is 8.12. The highest BCUT2D eigenvalue weighted by atomic mass is 35.5. The zero-order valence-electron chi connectivity index (χ0n) is 12.4. The number of nitrogens with zero attached hydrogens (tertiary/aromatic N) is 1. The summed E-state index contributed by atoms with van der Waals surface area (Å²) in [4.78, 5) is 13.7. The maximum absolute atomic E-state index is 12.0. The first kappa shape index (κ1) is 16.8. The van der Waals surface area contributed by atoms with Crippen LogP contribution in [0.2, 0.25) is 5.02 Å². The molecule has 1 amide bonds. The van der Waals surface area contributed by atoms with Crippen molar-refractivity contribution in [1.82, 2.24) is 4.90 Å². The average Bonchev–Trinajstić information content (AvgIpc) is 2.45. The number of rotatable bonds is 8. The minimum absolute atomic E-state index is 0.215. The molecule has 0 bridgehead atoms. The first-order chi connectivity index (χ1) is 9.69. The molecule has 20 heavy (non-hydrogen) atoms. The van der Waals surface area contributed by atoms with Crippen molar-refractivity contribution in [3.05, 3.63) is 34.9 Å². The molecule has 3 nitrogen and oxygen atoms in total. The molecule has 0 aliphatic rings. The summed E-state index contributed by atoms with van der Waals surface area (Å²) in [6.07, 6.45) is 3.40. The van der Waals surface area contributed by atoms with Crippen LogP contribution in [0, 0.1) is 0 Å². The molecule has 0 fully saturated rings. The van der Waals surface area contributed by atoms with Gasteiger partial charge >= 0.3 is 6.09 Å². The molecule has 112 valence electrons. The minimum Gasteiger partial charge on any atom is -0.449 e. The summed E-state index contributed by atoms with van der Waals surface area (Å²) in [6.45, 7) is 6.00. The number of carbonyl (C=O) groups is 1. The molecule has 4 heteroatoms. The van der Waals surface area contributed by atoms with Gasteiger partial charge in [0, 0.05) is 18.1 Å². The third-order valence-corrected chi connectivity index (χ3v) is 3.45. The maximum Gasteiger partial charge on any atom is 0.409 e. The normalized spacial score (nSPS) is 10.3. The smallest absolute Gasteiger partial charge is 0.409 e. The Morgan fingerprint density at radius 1 is 1.20 bits per heavy atom. The Morgan fingerprint density at radius 2 is 1.95 bits per heavy atom. The first-order valence-electron chi connectivity index (χ1n) is 7.34. The van der Waals surface area contributed by atoms with Gasteiger partial charge in [0.2, 0.25) is 0 Å². The highest BCUT2D eigenvalue weighted by Crippen LogP contribution is 2.16. The van der Waals surface area contributed by atoms with Crippen LogP contribution in [0.15, 0.2) is 24.3 Å². The number of amides is 1. The van der Waals surface area contributed by atoms with Crippen molar-refractivity contribution in [3.8, 4) is 0 Å². The topological polar surface area (TPSA) is 29.5 Å². The lowest BCUT2D eigenvalue weighted by atomic mass is 10.1. The summed E-state index contributed by atoms with van der Waals surface area (Å²) in [6, 6.07) is 7.75. The molecular weight excluding hydrogens is 274 g/mol. The van der Waals surface area contributed by atoms with Crippen molar-refractivity contribution < 1.29 is 9.53 Å². The summed E-state index contributed by atoms with van der Waals surface area (Å²) in [5.74, 6) is 0. The molecule has 0 N–H and O–H groups in total. The summed E-state index contributed by atoms with van der Waals surface area (Å²) >= 11 is 6.13. The van der Waals surface area contributed by atoms with Gasteiger partial charge in [-0.15, -0.1) is 0 Å². The van der Waals surface area contributed by atoms with Crippen LogP contribution in [-0.4, -0.2) is 30.7 Å². The number of benzene rings is 1. The van der Waals surface area contributed by atoms with E-state index in [0.717, 1.165) is 42.8 Å². The van der Waals surface area contributed by atoms with Crippen molar-refractivity contribution in [2.75, 3.05) is 19.7 Å². The van der Waals surface area contributed by atoms with Crippen LogP contribution < -0.4 is 0 Å². The van der Waals surface area contributed by atoms with E-state index in [0.29, 0.717) is 13.2 Å². The van der Waals surface area contributed by atoms with Crippen LogP contribution >= 0.6 is 11.6 Å². The molecule has 1 aromatic carbocycles. The number of halogens is 1. The van der Waals surface area contributed by atoms with Gasteiger partial charge in [-0.3, -0.25) is 0 Å². The van der Waals surface area contributed by atoms with Crippen LogP contribution in [0.25, 0.3) is 0 Å². The van der Waals surface area contributed by atoms with Crippen molar-refractivity contribution in [2.45, 2.75) is 39.5 Å². The fourth-order valence-corrected chi connectivity index (χ4v) is 2.15. The molecule has 0 saturated carbocycles. The fourth-order valence-electron chi connectivity index (χ4n) is 1.92. The quantitative estimate of drug-likeness (QED) is 0.660. The van der Waals surface area contributed by atoms with Gasteiger partial charge in [-0.05, 0) is 30.9 Å². The largest absolute Gasteiger partial charge is 0.449 e. The summed E-state index contributed by atoms with van der Waals surface area (Å²) in [7, 11) is 0. The Bertz CT molecular complexity index is 409. The lowest BCUT2D eigenvalue weighted by Crippen LogP contribution is -2.34. The summed E-state index contributed by atoms with van der Waals surface area (Å²) in [5.41, 5.74) is 1.07. The molecule has 1 aromatic rings. The minimum atomic E-state index is -0.215. The van der Waals surface area contributed by atoms with E-state index in [1.54, 1.807) is 4.90 Å². The van der Waals surface area contributed by atoms with Gasteiger partial charge in [-0.2, -0.15) is 0 Å². The van der Waals surface area contributed by atoms with Crippen LogP contribution in [0.1, 0.15) is 38.7 Å². The lowest BCUT2D eigenvalue weighted by molar-refractivity contribution is 0.101. The number of hydrogen-bond acceptors (Lipinski definition) is 2. The monoisotopic (exact) mass is 297 g/mol. The van der Waals surface area contributed by atoms with E-state index in [1.807, 2.05) is 24.3 Å². The number of ether oxygens (including phenoxy) is 1. The van der Waals surface area contributed by atoms with Gasteiger partial charge in [0.1, 0.15) is 0 Å². The number of carbonyl (C=O) groups excluding carboxylic acids is 1. The van der Waals surface area contributed by atoms with E-state index in [2.05, 4.69) is 13.8 Å². The lowest BCUT2D eigenvalue weighted by Gasteiger charge is -2.21. The van der Waals surface area contributed by atoms with Crippen LogP contribution in [0.5, 0.6) is 0 Å². The van der Waals surface area contributed by atoms with Gasteiger partial charge in [0.05, 0.1) is 6.61 Å². The second-order valence-electron chi connectivity index (χ2n) is 4.80. The highest BCUT2D eigenvalue weighted by Gasteiger charge is 2.14. The highest BCUT2D eigenvalue weighted by molar-refractivity contribution is 6.31. The Morgan fingerprint density at radius 3 is 2.60 bits per heavy atom. The molecule has 0 radical (unpaired) electrons. The third-order valence-electron chi connectivity index (χ3n) is 3.08. The second-order valence-corrected chi connectivity index (χ2v) is 5.20. The molecule has 0 atom stereocenters. The van der Waals surface area contributed by atoms with E-state index in [-0.39, 0.29) is 6.09 Å². The molecule has 0 saturated heterocycles. The van der Waals surface area contributed by atoms with Crippen molar-refractivity contribution >= 4 is 17.7 Å². The Hall–Kier alpha value is -1.22. The molecule has 0 spiro atoms. The van der Waals surface area contributed by atoms with Crippen LogP contribution in [0.3, 0.4) is 0 Å². The molecule has 0 heterocycles. The van der Waals surface area contributed by atoms with Crippen molar-refractivity contribution in [3.63, 3.8) is 0 Å². The van der Waals surface area contributed by atoms with E-state index in [4.69, 9.17) is 16.3 Å². The van der Waals surface area contributed by atoms with Crippen LogP contribution in [0.4, 0.5) is 4.79 Å². The molecular formula is C16H24ClNO2. The third kappa shape index (κ3) is 5.83. The molecule has 0 unspecified atom stereocenters. The Balaban J connectivity index is 2.50. The second kappa shape index (κ2) is 9.65. The number of hydrogen-bond donors (Lipinski definition) is 0. The van der Waals surface area contributed by atoms with Gasteiger partial charge in [0.25, 0.3) is 0 Å². The zero-order chi connectivity index (χ0) is 14.8. The summed E-state index contributed by atoms with van der Waals surface area (Å²) < 4.78 is 5.27. The number of unbranched alkanes of at least 4 members (excludes halogenated alkanes) is 1. The Labute approximate surface area is 126 Å². The average molecular weight is 298 g/mol. The molecule has 0 aromatic heterocycles. The van der Waals surface area contributed by atoms with Crippen molar-refractivity contribution in [2.24, 2.45) is 0 Å². The predicted molar refractivity (Wildman–Crippen MR) is 83.3 cm³/mol. The van der Waals surface area contributed by atoms with Gasteiger partial charge < -0.3 is 9.64 Å². The maximum atomic E-state index is 12.0. The van der Waals surface area contributed by atoms with Gasteiger partial charge in [0.15, 0.2) is 0 Å². The zero-order valence-corrected chi connectivity index (χ0v) is 13.2. The molecule has 0 aliphatic heterocycles. The molecule has 0 aliphatic carbocycles. The van der Waals surface area contributed by atoms with E-state index in [9.17, 15) is 4.79 Å². The molecule has 1 rings (SSSR count). The van der Waals surface area contributed by atoms with Gasteiger partial charge in [-0.1, -0.05) is 50.1 Å². The van der Waals surface area contributed by atoms with Crippen LogP contribution in [-0.2, 0) is 11.2 Å². The fraction of sp³-hybridized carbons (Fsp3) is 0.562. The van der Waals surface area contributed by atoms with Gasteiger partial charge in [-0.25, -0.2) is 4.79 Å². The van der Waals surface area contributed by atoms with Crippen molar-refractivity contribution in [1.29, 1.82) is 0 Å². The summed E-state index contributed by atoms with van der Waals surface area (Å²) in [5, 5.41) is 0.753. The SMILES string of the molecule is CCCCOC(=O)N(CCC)CCc1ccccc1Cl. The predicted octanol–water partition coefficient (Wildman–Crippen LogP) is 4.53. The first-order valence-corrected chi connectivity index (χ1v) is 7.72. The van der Waals surface area contributed by atoms with E-state index >= 15 is 0 Å². The van der Waals surface area contributed by atoms with E-state index in [1.165, 1.54) is 0 Å². The standard InChI is InChI=1S/C16H24ClNO2/c1-3-5-13-20-16(19)18(11-4-2)12-10-14-8-6-7-9-15(14)17/h6-9H,3-5,10-13H2,1-2H3. The van der Waals surface area contributed by atoms with E-state index < -0.39 is 0 Å².